The molecule has 90 valence electrons. The molecule has 1 aliphatic heterocycles. The van der Waals surface area contributed by atoms with E-state index >= 15 is 0 Å². The first-order valence-corrected chi connectivity index (χ1v) is 5.91. The van der Waals surface area contributed by atoms with E-state index in [-0.39, 0.29) is 11.4 Å². The minimum Gasteiger partial charge on any atom is -0.465 e. The summed E-state index contributed by atoms with van der Waals surface area (Å²) in [5.41, 5.74) is 3.49. The summed E-state index contributed by atoms with van der Waals surface area (Å²) in [6, 6.07) is 8.33. The molecule has 1 aromatic rings. The van der Waals surface area contributed by atoms with E-state index in [1.807, 2.05) is 0 Å². The Kier molecular flexibility index (Phi) is 3.05. The lowest BCUT2D eigenvalue weighted by molar-refractivity contribution is -0.148. The molecular weight excluding hydrogens is 212 g/mol. The number of esters is 1. The predicted molar refractivity (Wildman–Crippen MR) is 68.5 cm³/mol. The van der Waals surface area contributed by atoms with Gasteiger partial charge >= 0.3 is 5.97 Å². The number of rotatable bonds is 1. The fraction of sp³-hybridized carbons (Fsp3) is 0.400. The van der Waals surface area contributed by atoms with E-state index in [1.54, 1.807) is 0 Å². The van der Waals surface area contributed by atoms with E-state index < -0.39 is 0 Å². The number of carbonyl (C=O) groups excluding carboxylic acids is 1. The monoisotopic (exact) mass is 230 g/mol. The third-order valence-electron chi connectivity index (χ3n) is 3.22. The van der Waals surface area contributed by atoms with E-state index in [0.29, 0.717) is 13.0 Å². The van der Waals surface area contributed by atoms with Gasteiger partial charge in [0, 0.05) is 5.41 Å². The van der Waals surface area contributed by atoms with Crippen molar-refractivity contribution in [3.8, 4) is 0 Å². The number of cyclic esters (lactones) is 1. The summed E-state index contributed by atoms with van der Waals surface area (Å²) in [7, 11) is 0. The molecule has 0 N–H and O–H groups in total. The van der Waals surface area contributed by atoms with Crippen LogP contribution in [-0.4, -0.2) is 12.6 Å². The standard InChI is InChI=1S/C15H18O2/c1-11-4-6-12(7-5-11)8-13-9-14(16)17-10-15(13,2)3/h4-8H,9-10H2,1-3H3/b13-8+. The lowest BCUT2D eigenvalue weighted by atomic mass is 9.80. The highest BCUT2D eigenvalue weighted by atomic mass is 16.5. The van der Waals surface area contributed by atoms with E-state index in [4.69, 9.17) is 4.74 Å². The van der Waals surface area contributed by atoms with Crippen molar-refractivity contribution in [3.63, 3.8) is 0 Å². The van der Waals surface area contributed by atoms with Crippen LogP contribution in [-0.2, 0) is 9.53 Å². The molecule has 1 aromatic carbocycles. The molecular formula is C15H18O2. The zero-order valence-electron chi connectivity index (χ0n) is 10.6. The van der Waals surface area contributed by atoms with Gasteiger partial charge in [-0.2, -0.15) is 0 Å². The molecule has 0 aliphatic carbocycles. The van der Waals surface area contributed by atoms with Crippen molar-refractivity contribution in [2.45, 2.75) is 27.2 Å². The quantitative estimate of drug-likeness (QED) is 0.691. The number of carbonyl (C=O) groups is 1. The van der Waals surface area contributed by atoms with Crippen LogP contribution in [0.2, 0.25) is 0 Å². The summed E-state index contributed by atoms with van der Waals surface area (Å²) < 4.78 is 5.10. The van der Waals surface area contributed by atoms with Gasteiger partial charge in [-0.3, -0.25) is 4.79 Å². The highest BCUT2D eigenvalue weighted by Gasteiger charge is 2.31. The average Bonchev–Trinajstić information content (AvgIpc) is 2.27. The normalized spacial score (nSPS) is 21.4. The predicted octanol–water partition coefficient (Wildman–Crippen LogP) is 3.35. The largest absolute Gasteiger partial charge is 0.465 e. The summed E-state index contributed by atoms with van der Waals surface area (Å²) in [4.78, 5) is 11.3. The number of benzene rings is 1. The molecule has 0 aromatic heterocycles. The second-order valence-corrected chi connectivity index (χ2v) is 5.30. The third-order valence-corrected chi connectivity index (χ3v) is 3.22. The molecule has 0 spiro atoms. The van der Waals surface area contributed by atoms with Gasteiger partial charge in [0.25, 0.3) is 0 Å². The van der Waals surface area contributed by atoms with Crippen LogP contribution in [0.4, 0.5) is 0 Å². The second kappa shape index (κ2) is 4.36. The fourth-order valence-corrected chi connectivity index (χ4v) is 1.91. The zero-order valence-corrected chi connectivity index (χ0v) is 10.6. The summed E-state index contributed by atoms with van der Waals surface area (Å²) in [5.74, 6) is -0.123. The highest BCUT2D eigenvalue weighted by molar-refractivity contribution is 5.76. The first-order valence-electron chi connectivity index (χ1n) is 5.91. The molecule has 1 aliphatic rings. The van der Waals surface area contributed by atoms with Crippen LogP contribution < -0.4 is 0 Å². The maximum Gasteiger partial charge on any atom is 0.309 e. The molecule has 0 atom stereocenters. The van der Waals surface area contributed by atoms with Gasteiger partial charge in [0.1, 0.15) is 6.61 Å². The van der Waals surface area contributed by atoms with E-state index in [0.717, 1.165) is 11.1 Å². The van der Waals surface area contributed by atoms with E-state index in [2.05, 4.69) is 51.1 Å². The van der Waals surface area contributed by atoms with E-state index in [9.17, 15) is 4.79 Å². The number of hydrogen-bond donors (Lipinski definition) is 0. The molecule has 17 heavy (non-hydrogen) atoms. The topological polar surface area (TPSA) is 26.3 Å². The molecule has 0 radical (unpaired) electrons. The minimum absolute atomic E-state index is 0.0567. The Morgan fingerprint density at radius 1 is 1.24 bits per heavy atom. The smallest absolute Gasteiger partial charge is 0.309 e. The van der Waals surface area contributed by atoms with Gasteiger partial charge in [0.15, 0.2) is 0 Å². The van der Waals surface area contributed by atoms with Gasteiger partial charge < -0.3 is 4.74 Å². The van der Waals surface area contributed by atoms with E-state index in [1.165, 1.54) is 5.56 Å². The van der Waals surface area contributed by atoms with Gasteiger partial charge in [-0.25, -0.2) is 0 Å². The number of aryl methyl sites for hydroxylation is 1. The molecule has 1 saturated heterocycles. The third kappa shape index (κ3) is 2.76. The molecule has 0 amide bonds. The Bertz CT molecular complexity index is 452. The van der Waals surface area contributed by atoms with Gasteiger partial charge in [-0.1, -0.05) is 49.8 Å². The van der Waals surface area contributed by atoms with Crippen molar-refractivity contribution in [2.24, 2.45) is 5.41 Å². The van der Waals surface area contributed by atoms with Crippen LogP contribution in [0.15, 0.2) is 29.8 Å². The first-order chi connectivity index (χ1) is 7.97. The molecule has 0 saturated carbocycles. The van der Waals surface area contributed by atoms with Crippen LogP contribution in [0.1, 0.15) is 31.4 Å². The molecule has 2 rings (SSSR count). The van der Waals surface area contributed by atoms with Crippen molar-refractivity contribution >= 4 is 12.0 Å². The van der Waals surface area contributed by atoms with Crippen LogP contribution in [0.5, 0.6) is 0 Å². The Morgan fingerprint density at radius 3 is 2.53 bits per heavy atom. The van der Waals surface area contributed by atoms with Crippen molar-refractivity contribution in [1.82, 2.24) is 0 Å². The summed E-state index contributed by atoms with van der Waals surface area (Å²) in [6.07, 6.45) is 2.51. The summed E-state index contributed by atoms with van der Waals surface area (Å²) in [5, 5.41) is 0. The Hall–Kier alpha value is -1.57. The van der Waals surface area contributed by atoms with Gasteiger partial charge in [-0.05, 0) is 18.1 Å². The molecule has 1 fully saturated rings. The van der Waals surface area contributed by atoms with Crippen molar-refractivity contribution in [1.29, 1.82) is 0 Å². The fourth-order valence-electron chi connectivity index (χ4n) is 1.91. The van der Waals surface area contributed by atoms with Crippen LogP contribution in [0.25, 0.3) is 6.08 Å². The number of ether oxygens (including phenoxy) is 1. The van der Waals surface area contributed by atoms with Gasteiger partial charge in [0.2, 0.25) is 0 Å². The number of hydrogen-bond acceptors (Lipinski definition) is 2. The molecule has 2 heteroatoms. The molecule has 0 bridgehead atoms. The SMILES string of the molecule is Cc1ccc(/C=C2\CC(=O)OCC2(C)C)cc1. The molecule has 2 nitrogen and oxygen atoms in total. The maximum atomic E-state index is 11.3. The Balaban J connectivity index is 2.30. The highest BCUT2D eigenvalue weighted by Crippen LogP contribution is 2.34. The van der Waals surface area contributed by atoms with Crippen molar-refractivity contribution in [3.05, 3.63) is 41.0 Å². The lowest BCUT2D eigenvalue weighted by Gasteiger charge is -2.32. The second-order valence-electron chi connectivity index (χ2n) is 5.30. The maximum absolute atomic E-state index is 11.3. The molecule has 0 unspecified atom stereocenters. The van der Waals surface area contributed by atoms with Crippen molar-refractivity contribution in [2.75, 3.05) is 6.61 Å². The van der Waals surface area contributed by atoms with Crippen molar-refractivity contribution < 1.29 is 9.53 Å². The zero-order chi connectivity index (χ0) is 12.5. The lowest BCUT2D eigenvalue weighted by Crippen LogP contribution is -2.31. The molecule has 1 heterocycles. The Labute approximate surface area is 102 Å². The Morgan fingerprint density at radius 2 is 1.88 bits per heavy atom. The minimum atomic E-state index is -0.123. The van der Waals surface area contributed by atoms with Crippen LogP contribution >= 0.6 is 0 Å². The summed E-state index contributed by atoms with van der Waals surface area (Å²) >= 11 is 0. The van der Waals surface area contributed by atoms with Gasteiger partial charge in [0.05, 0.1) is 6.42 Å². The van der Waals surface area contributed by atoms with Crippen LogP contribution in [0.3, 0.4) is 0 Å². The van der Waals surface area contributed by atoms with Crippen LogP contribution in [0, 0.1) is 12.3 Å². The van der Waals surface area contributed by atoms with Gasteiger partial charge in [-0.15, -0.1) is 0 Å². The summed E-state index contributed by atoms with van der Waals surface area (Å²) in [6.45, 7) is 6.77. The average molecular weight is 230 g/mol. The first kappa shape index (κ1) is 11.9.